The zero-order valence-corrected chi connectivity index (χ0v) is 13.1. The topological polar surface area (TPSA) is 42.0 Å². The van der Waals surface area contributed by atoms with Crippen LogP contribution in [0.4, 0.5) is 0 Å². The summed E-state index contributed by atoms with van der Waals surface area (Å²) in [5.41, 5.74) is 1.19. The van der Waals surface area contributed by atoms with Crippen LogP contribution in [0.15, 0.2) is 24.5 Å². The van der Waals surface area contributed by atoms with Crippen molar-refractivity contribution < 1.29 is 4.79 Å². The van der Waals surface area contributed by atoms with Gasteiger partial charge in [-0.2, -0.15) is 0 Å². The smallest absolute Gasteiger partial charge is 0.216 e. The highest BCUT2D eigenvalue weighted by Crippen LogP contribution is 1.95. The van der Waals surface area contributed by atoms with E-state index >= 15 is 0 Å². The zero-order chi connectivity index (χ0) is 14.8. The van der Waals surface area contributed by atoms with Crippen molar-refractivity contribution in [1.82, 2.24) is 10.3 Å². The molecule has 0 aromatic carbocycles. The Morgan fingerprint density at radius 2 is 1.50 bits per heavy atom. The third kappa shape index (κ3) is 17.0. The molecule has 0 saturated carbocycles. The van der Waals surface area contributed by atoms with Crippen LogP contribution in [-0.2, 0) is 11.2 Å². The normalized spacial score (nSPS) is 7.28. The third-order valence-corrected chi connectivity index (χ3v) is 1.54. The van der Waals surface area contributed by atoms with Crippen LogP contribution < -0.4 is 5.32 Å². The second kappa shape index (κ2) is 21.0. The fourth-order valence-electron chi connectivity index (χ4n) is 0.932. The number of rotatable bonds is 3. The first-order valence-corrected chi connectivity index (χ1v) is 6.92. The highest BCUT2D eigenvalue weighted by atomic mass is 16.1. The van der Waals surface area contributed by atoms with E-state index in [9.17, 15) is 4.79 Å². The van der Waals surface area contributed by atoms with Crippen LogP contribution in [0.1, 0.15) is 54.0 Å². The van der Waals surface area contributed by atoms with E-state index in [1.807, 2.05) is 53.7 Å². The maximum Gasteiger partial charge on any atom is 0.216 e. The maximum absolute atomic E-state index is 10.5. The second-order valence-corrected chi connectivity index (χ2v) is 2.59. The summed E-state index contributed by atoms with van der Waals surface area (Å²) in [6, 6.07) is 3.89. The minimum atomic E-state index is 0.0176. The van der Waals surface area contributed by atoms with Crippen molar-refractivity contribution in [1.29, 1.82) is 0 Å². The molecule has 0 aliphatic heterocycles. The predicted octanol–water partition coefficient (Wildman–Crippen LogP) is 3.84. The molecule has 0 unspecified atom stereocenters. The van der Waals surface area contributed by atoms with E-state index in [2.05, 4.69) is 10.3 Å². The minimum Gasteiger partial charge on any atom is -0.356 e. The molecule has 106 valence electrons. The number of hydrogen-bond acceptors (Lipinski definition) is 2. The summed E-state index contributed by atoms with van der Waals surface area (Å²) >= 11 is 0. The molecule has 0 radical (unpaired) electrons. The lowest BCUT2D eigenvalue weighted by Gasteiger charge is -2.00. The highest BCUT2D eigenvalue weighted by Gasteiger charge is 1.92. The fraction of sp³-hybridized carbons (Fsp3) is 0.600. The Kier molecular flexibility index (Phi) is 25.5. The van der Waals surface area contributed by atoms with Gasteiger partial charge in [-0.05, 0) is 24.1 Å². The maximum atomic E-state index is 10.5. The number of amides is 1. The lowest BCUT2D eigenvalue weighted by atomic mass is 10.2. The Labute approximate surface area is 113 Å². The molecule has 1 heterocycles. The Morgan fingerprint density at radius 1 is 1.06 bits per heavy atom. The van der Waals surface area contributed by atoms with Gasteiger partial charge in [0.2, 0.25) is 5.91 Å². The van der Waals surface area contributed by atoms with E-state index in [-0.39, 0.29) is 5.91 Å². The summed E-state index contributed by atoms with van der Waals surface area (Å²) in [6.45, 7) is 14.2. The SMILES string of the molecule is CC.CC.CC.CC(=O)NCCc1ccncc1. The minimum absolute atomic E-state index is 0.0176. The summed E-state index contributed by atoms with van der Waals surface area (Å²) in [7, 11) is 0. The van der Waals surface area contributed by atoms with Crippen LogP contribution in [0.2, 0.25) is 0 Å². The molecule has 1 rings (SSSR count). The predicted molar refractivity (Wildman–Crippen MR) is 80.7 cm³/mol. The summed E-state index contributed by atoms with van der Waals surface area (Å²) in [5.74, 6) is 0.0176. The molecule has 1 aromatic heterocycles. The molecule has 1 N–H and O–H groups in total. The molecule has 0 aliphatic carbocycles. The number of carbonyl (C=O) groups is 1. The Morgan fingerprint density at radius 3 is 1.89 bits per heavy atom. The van der Waals surface area contributed by atoms with Crippen LogP contribution in [-0.4, -0.2) is 17.4 Å². The summed E-state index contributed by atoms with van der Waals surface area (Å²) in [6.07, 6.45) is 4.37. The number of nitrogens with one attached hydrogen (secondary N) is 1. The van der Waals surface area contributed by atoms with E-state index in [1.165, 1.54) is 12.5 Å². The van der Waals surface area contributed by atoms with Gasteiger partial charge in [-0.3, -0.25) is 9.78 Å². The van der Waals surface area contributed by atoms with Gasteiger partial charge in [0.15, 0.2) is 0 Å². The second-order valence-electron chi connectivity index (χ2n) is 2.59. The van der Waals surface area contributed by atoms with Gasteiger partial charge in [0.1, 0.15) is 0 Å². The van der Waals surface area contributed by atoms with E-state index < -0.39 is 0 Å². The van der Waals surface area contributed by atoms with Crippen molar-refractivity contribution in [3.05, 3.63) is 30.1 Å². The molecule has 0 atom stereocenters. The Bertz CT molecular complexity index is 248. The van der Waals surface area contributed by atoms with Crippen molar-refractivity contribution in [2.75, 3.05) is 6.54 Å². The summed E-state index contributed by atoms with van der Waals surface area (Å²) in [5, 5.41) is 2.73. The first-order chi connectivity index (χ1) is 8.79. The molecule has 0 fully saturated rings. The summed E-state index contributed by atoms with van der Waals surface area (Å²) < 4.78 is 0. The van der Waals surface area contributed by atoms with Crippen LogP contribution in [0.5, 0.6) is 0 Å². The average Bonchev–Trinajstić information content (AvgIpc) is 2.46. The van der Waals surface area contributed by atoms with E-state index in [1.54, 1.807) is 12.4 Å². The number of carbonyl (C=O) groups excluding carboxylic acids is 1. The van der Waals surface area contributed by atoms with Gasteiger partial charge in [-0.1, -0.05) is 41.5 Å². The molecule has 18 heavy (non-hydrogen) atoms. The molecular weight excluding hydrogens is 224 g/mol. The molecule has 1 aromatic rings. The van der Waals surface area contributed by atoms with Crippen LogP contribution in [0.3, 0.4) is 0 Å². The standard InChI is InChI=1S/C9H12N2O.3C2H6/c1-8(12)11-7-4-9-2-5-10-6-3-9;3*1-2/h2-3,5-6H,4,7H2,1H3,(H,11,12);3*1-2H3. The lowest BCUT2D eigenvalue weighted by molar-refractivity contribution is -0.118. The van der Waals surface area contributed by atoms with Gasteiger partial charge in [0.25, 0.3) is 0 Å². The number of pyridine rings is 1. The van der Waals surface area contributed by atoms with Gasteiger partial charge < -0.3 is 5.32 Å². The highest BCUT2D eigenvalue weighted by molar-refractivity contribution is 5.72. The van der Waals surface area contributed by atoms with E-state index in [0.29, 0.717) is 6.54 Å². The molecule has 3 heteroatoms. The average molecular weight is 254 g/mol. The number of hydrogen-bond donors (Lipinski definition) is 1. The molecule has 0 aliphatic rings. The third-order valence-electron chi connectivity index (χ3n) is 1.54. The van der Waals surface area contributed by atoms with Crippen LogP contribution in [0.25, 0.3) is 0 Å². The van der Waals surface area contributed by atoms with Gasteiger partial charge in [0.05, 0.1) is 0 Å². The van der Waals surface area contributed by atoms with Crippen LogP contribution >= 0.6 is 0 Å². The number of nitrogens with zero attached hydrogens (tertiary/aromatic N) is 1. The van der Waals surface area contributed by atoms with E-state index in [0.717, 1.165) is 6.42 Å². The first kappa shape index (κ1) is 21.9. The Hall–Kier alpha value is -1.38. The van der Waals surface area contributed by atoms with Crippen LogP contribution in [0, 0.1) is 0 Å². The quantitative estimate of drug-likeness (QED) is 0.890. The molecular formula is C15H30N2O. The van der Waals surface area contributed by atoms with Crippen molar-refractivity contribution in [3.8, 4) is 0 Å². The van der Waals surface area contributed by atoms with Gasteiger partial charge in [-0.25, -0.2) is 0 Å². The van der Waals surface area contributed by atoms with Crippen molar-refractivity contribution in [2.24, 2.45) is 0 Å². The lowest BCUT2D eigenvalue weighted by Crippen LogP contribution is -2.22. The zero-order valence-electron chi connectivity index (χ0n) is 13.1. The van der Waals surface area contributed by atoms with E-state index in [4.69, 9.17) is 0 Å². The molecule has 0 bridgehead atoms. The Balaban J connectivity index is -0.000000328. The number of aromatic nitrogens is 1. The monoisotopic (exact) mass is 254 g/mol. The van der Waals surface area contributed by atoms with Crippen molar-refractivity contribution >= 4 is 5.91 Å². The molecule has 1 amide bonds. The largest absolute Gasteiger partial charge is 0.356 e. The van der Waals surface area contributed by atoms with Gasteiger partial charge in [0, 0.05) is 25.9 Å². The van der Waals surface area contributed by atoms with Crippen molar-refractivity contribution in [2.45, 2.75) is 54.9 Å². The molecule has 0 spiro atoms. The molecule has 0 saturated heterocycles. The molecule has 3 nitrogen and oxygen atoms in total. The van der Waals surface area contributed by atoms with Gasteiger partial charge >= 0.3 is 0 Å². The summed E-state index contributed by atoms with van der Waals surface area (Å²) in [4.78, 5) is 14.4. The van der Waals surface area contributed by atoms with Gasteiger partial charge in [-0.15, -0.1) is 0 Å². The van der Waals surface area contributed by atoms with Crippen molar-refractivity contribution in [3.63, 3.8) is 0 Å². The fourth-order valence-corrected chi connectivity index (χ4v) is 0.932. The first-order valence-electron chi connectivity index (χ1n) is 6.92.